The second-order valence-electron chi connectivity index (χ2n) is 16.1. The second-order valence-corrected chi connectivity index (χ2v) is 20.3. The number of anilines is 9. The van der Waals surface area contributed by atoms with Crippen molar-refractivity contribution in [2.24, 2.45) is 15.5 Å². The Labute approximate surface area is 514 Å². The van der Waals surface area contributed by atoms with E-state index in [0.717, 1.165) is 10.6 Å². The zero-order valence-electron chi connectivity index (χ0n) is 45.1. The van der Waals surface area contributed by atoms with Crippen LogP contribution in [0.15, 0.2) is 112 Å². The highest BCUT2D eigenvalue weighted by Crippen LogP contribution is 2.34. The summed E-state index contributed by atoms with van der Waals surface area (Å²) in [6.07, 6.45) is 11.1. The minimum absolute atomic E-state index is 0.173. The lowest BCUT2D eigenvalue weighted by Crippen LogP contribution is -2.19. The molecule has 0 aliphatic carbocycles. The van der Waals surface area contributed by atoms with Gasteiger partial charge in [0.15, 0.2) is 15.4 Å². The molecule has 0 spiro atoms. The number of oxime groups is 3. The van der Waals surface area contributed by atoms with Crippen LogP contribution in [-0.4, -0.2) is 103 Å². The normalized spacial score (nSPS) is 10.7. The van der Waals surface area contributed by atoms with Crippen molar-refractivity contribution in [2.45, 2.75) is 13.8 Å². The summed E-state index contributed by atoms with van der Waals surface area (Å²) >= 11 is 22.8. The SMILES string of the molecule is CO/N=C/c1c(N)ncnc1Oc1ccc(NC(=O)Nc2nc(C)cs2)c(Cl)c1.CO/N=C/c1c(N)ncnc1Oc1ccc(NC(=O)Nc2ncc(C)s2)c(Cl)c1.CO/N=C/c1c(N)ncnc1Oc1ccc(NC(=O)Nc2nccs2)c(Cl)c1. The van der Waals surface area contributed by atoms with Crippen molar-refractivity contribution in [3.05, 3.63) is 139 Å². The first-order valence-electron chi connectivity index (χ1n) is 23.9. The average Bonchev–Trinajstić information content (AvgIpc) is 3.40. The minimum Gasteiger partial charge on any atom is -0.438 e. The Kier molecular flexibility index (Phi) is 23.1. The monoisotopic (exact) mass is 1290 g/mol. The van der Waals surface area contributed by atoms with Crippen LogP contribution in [0.2, 0.25) is 15.1 Å². The highest BCUT2D eigenvalue weighted by molar-refractivity contribution is 7.15. The number of amides is 6. The van der Waals surface area contributed by atoms with E-state index in [0.29, 0.717) is 66.4 Å². The smallest absolute Gasteiger partial charge is 0.325 e. The molecule has 0 fully saturated rings. The zero-order chi connectivity index (χ0) is 61.5. The van der Waals surface area contributed by atoms with Gasteiger partial charge in [0.05, 0.1) is 56.5 Å². The topological polar surface area (TPSA) is 410 Å². The summed E-state index contributed by atoms with van der Waals surface area (Å²) in [6, 6.07) is 12.8. The first kappa shape index (κ1) is 63.3. The van der Waals surface area contributed by atoms with E-state index < -0.39 is 18.1 Å². The fourth-order valence-corrected chi connectivity index (χ4v) is 8.80. The van der Waals surface area contributed by atoms with Crippen LogP contribution >= 0.6 is 68.8 Å². The number of carbonyl (C=O) groups excluding carboxylic acids is 3. The Balaban J connectivity index is 0.000000185. The number of benzene rings is 3. The lowest BCUT2D eigenvalue weighted by atomic mass is 10.3. The van der Waals surface area contributed by atoms with Gasteiger partial charge in [0, 0.05) is 46.2 Å². The molecule has 444 valence electrons. The Hall–Kier alpha value is -10.3. The number of ether oxygens (including phenoxy) is 3. The Morgan fingerprint density at radius 3 is 1.23 bits per heavy atom. The third kappa shape index (κ3) is 18.9. The van der Waals surface area contributed by atoms with Gasteiger partial charge in [-0.15, -0.1) is 34.0 Å². The van der Waals surface area contributed by atoms with Gasteiger partial charge < -0.3 is 61.9 Å². The second kappa shape index (κ2) is 31.4. The number of hydrogen-bond acceptors (Lipinski definition) is 27. The number of rotatable bonds is 18. The molecular formula is C50H46Cl3N21O9S3. The number of nitrogens with zero attached hydrogens (tertiary/aromatic N) is 12. The van der Waals surface area contributed by atoms with Crippen molar-refractivity contribution in [1.29, 1.82) is 0 Å². The summed E-state index contributed by atoms with van der Waals surface area (Å²) in [5, 5.41) is 32.6. The summed E-state index contributed by atoms with van der Waals surface area (Å²) in [5.41, 5.74) is 20.5. The predicted molar refractivity (Wildman–Crippen MR) is 331 cm³/mol. The van der Waals surface area contributed by atoms with E-state index >= 15 is 0 Å². The van der Waals surface area contributed by atoms with Gasteiger partial charge in [-0.2, -0.15) is 0 Å². The lowest BCUT2D eigenvalue weighted by molar-refractivity contribution is 0.215. The van der Waals surface area contributed by atoms with Gasteiger partial charge in [-0.1, -0.05) is 50.3 Å². The molecule has 6 aromatic heterocycles. The first-order chi connectivity index (χ1) is 41.5. The third-order valence-corrected chi connectivity index (χ3v) is 13.4. The molecule has 6 heterocycles. The van der Waals surface area contributed by atoms with E-state index in [1.54, 1.807) is 54.2 Å². The third-order valence-electron chi connectivity index (χ3n) is 10.0. The number of halogens is 3. The van der Waals surface area contributed by atoms with Crippen LogP contribution in [-0.2, 0) is 14.5 Å². The van der Waals surface area contributed by atoms with Crippen molar-refractivity contribution in [2.75, 3.05) is 70.4 Å². The van der Waals surface area contributed by atoms with Crippen LogP contribution in [0.1, 0.15) is 27.3 Å². The number of aryl methyl sites for hydroxylation is 2. The van der Waals surface area contributed by atoms with Gasteiger partial charge >= 0.3 is 18.1 Å². The number of carbonyl (C=O) groups is 3. The fourth-order valence-electron chi connectivity index (χ4n) is 6.28. The van der Waals surface area contributed by atoms with Crippen molar-refractivity contribution in [1.82, 2.24) is 44.9 Å². The number of nitrogen functional groups attached to an aromatic ring is 3. The quantitative estimate of drug-likeness (QED) is 0.0284. The molecule has 0 aliphatic heterocycles. The molecule has 0 atom stereocenters. The van der Waals surface area contributed by atoms with Gasteiger partial charge in [-0.05, 0) is 50.2 Å². The molecule has 36 heteroatoms. The van der Waals surface area contributed by atoms with Gasteiger partial charge in [-0.3, -0.25) is 16.0 Å². The van der Waals surface area contributed by atoms with E-state index in [4.69, 9.17) is 66.2 Å². The molecule has 0 bridgehead atoms. The summed E-state index contributed by atoms with van der Waals surface area (Å²) in [7, 11) is 4.19. The lowest BCUT2D eigenvalue weighted by Gasteiger charge is -2.11. The Morgan fingerprint density at radius 2 is 0.907 bits per heavy atom. The van der Waals surface area contributed by atoms with Gasteiger partial charge in [0.2, 0.25) is 17.6 Å². The van der Waals surface area contributed by atoms with Crippen molar-refractivity contribution < 1.29 is 43.1 Å². The van der Waals surface area contributed by atoms with Crippen LogP contribution in [0.25, 0.3) is 0 Å². The first-order valence-corrected chi connectivity index (χ1v) is 27.6. The van der Waals surface area contributed by atoms with Crippen LogP contribution in [0, 0.1) is 13.8 Å². The molecule has 9 aromatic rings. The molecule has 86 heavy (non-hydrogen) atoms. The van der Waals surface area contributed by atoms with E-state index in [1.165, 1.54) is 111 Å². The predicted octanol–water partition coefficient (Wildman–Crippen LogP) is 11.4. The average molecular weight is 1290 g/mol. The Bertz CT molecular complexity index is 3730. The van der Waals surface area contributed by atoms with E-state index in [9.17, 15) is 14.4 Å². The summed E-state index contributed by atoms with van der Waals surface area (Å²) < 4.78 is 17.2. The van der Waals surface area contributed by atoms with Crippen LogP contribution in [0.4, 0.5) is 64.3 Å². The maximum atomic E-state index is 12.1. The molecular weight excluding hydrogens is 1240 g/mol. The number of hydrogen-bond donors (Lipinski definition) is 9. The molecule has 0 aliphatic rings. The van der Waals surface area contributed by atoms with Gasteiger partial charge in [0.25, 0.3) is 0 Å². The molecule has 0 radical (unpaired) electrons. The molecule has 0 saturated carbocycles. The molecule has 3 aromatic carbocycles. The minimum atomic E-state index is -0.466. The molecule has 30 nitrogen and oxygen atoms in total. The number of nitrogens with two attached hydrogens (primary N) is 3. The van der Waals surface area contributed by atoms with Gasteiger partial charge in [-0.25, -0.2) is 59.2 Å². The largest absolute Gasteiger partial charge is 0.438 e. The van der Waals surface area contributed by atoms with Crippen molar-refractivity contribution in [3.63, 3.8) is 0 Å². The highest BCUT2D eigenvalue weighted by atomic mass is 35.5. The number of urea groups is 3. The fraction of sp³-hybridized carbons (Fsp3) is 0.100. The van der Waals surface area contributed by atoms with E-state index in [-0.39, 0.29) is 50.2 Å². The highest BCUT2D eigenvalue weighted by Gasteiger charge is 2.17. The van der Waals surface area contributed by atoms with Crippen LogP contribution in [0.3, 0.4) is 0 Å². The molecule has 0 saturated heterocycles. The van der Waals surface area contributed by atoms with Crippen LogP contribution in [0.5, 0.6) is 34.9 Å². The molecule has 12 N–H and O–H groups in total. The molecule has 9 rings (SSSR count). The maximum absolute atomic E-state index is 12.1. The number of aromatic nitrogens is 9. The number of thiazole rings is 3. The van der Waals surface area contributed by atoms with Gasteiger partial charge in [0.1, 0.15) is 91.7 Å². The molecule has 6 amide bonds. The maximum Gasteiger partial charge on any atom is 0.325 e. The molecule has 0 unspecified atom stereocenters. The van der Waals surface area contributed by atoms with E-state index in [1.807, 2.05) is 19.2 Å². The van der Waals surface area contributed by atoms with Crippen LogP contribution < -0.4 is 63.3 Å². The Morgan fingerprint density at radius 1 is 0.512 bits per heavy atom. The zero-order valence-corrected chi connectivity index (χ0v) is 49.8. The van der Waals surface area contributed by atoms with E-state index in [2.05, 4.69) is 107 Å². The van der Waals surface area contributed by atoms with Crippen molar-refractivity contribution >= 4 is 155 Å². The van der Waals surface area contributed by atoms with Crippen molar-refractivity contribution in [3.8, 4) is 34.9 Å². The summed E-state index contributed by atoms with van der Waals surface area (Å²) in [6.45, 7) is 3.74. The summed E-state index contributed by atoms with van der Waals surface area (Å²) in [4.78, 5) is 87.1. The standard InChI is InChI=1S/2C17H16ClN7O3S.C16H14ClN7O3S/c1-9-7-29-17(23-9)25-16(26)24-13-4-3-10(5-12(13)18)28-15-11(6-22-27-2)14(19)20-8-21-15;1-9-6-20-17(29-9)25-16(26)24-13-4-3-10(5-12(13)18)28-15-11(7-23-27-2)14(19)21-8-22-15;1-26-22-7-10-13(18)20-8-21-14(10)27-9-2-3-12(11(17)6-9)23-15(25)24-16-19-4-5-28-16/h3-8H,1-2H3,(H2,19,20,21)(H2,23,24,25,26);3-8H,1-2H3,(H2,19,21,22)(H2,20,24,25,26);2-8H,1H3,(H2,18,20,21)(H2,19,23,24,25)/b22-6+;23-7+;22-7+. The number of nitrogens with one attached hydrogen (secondary N) is 6. The summed E-state index contributed by atoms with van der Waals surface area (Å²) in [5.74, 6) is 2.17.